The Kier molecular flexibility index (Phi) is 4.83. The zero-order valence-electron chi connectivity index (χ0n) is 5.67. The molecule has 0 amide bonds. The maximum Gasteiger partial charge on any atom is 0.129 e. The van der Waals surface area contributed by atoms with Gasteiger partial charge in [0.1, 0.15) is 5.15 Å². The molecule has 0 aromatic carbocycles. The lowest BCUT2D eigenvalue weighted by molar-refractivity contribution is 0.184. The van der Waals surface area contributed by atoms with Crippen molar-refractivity contribution >= 4 is 11.6 Å². The Bertz CT molecular complexity index is 198. The minimum absolute atomic E-state index is 0. The molecule has 0 aliphatic rings. The summed E-state index contributed by atoms with van der Waals surface area (Å²) in [4.78, 5) is 3.88. The lowest BCUT2D eigenvalue weighted by Crippen LogP contribution is -1.87. The van der Waals surface area contributed by atoms with Crippen molar-refractivity contribution in [1.29, 1.82) is 0 Å². The van der Waals surface area contributed by atoms with E-state index in [0.717, 1.165) is 5.56 Å². The van der Waals surface area contributed by atoms with Gasteiger partial charge in [-0.05, 0) is 11.6 Å². The van der Waals surface area contributed by atoms with Crippen LogP contribution in [0.1, 0.15) is 13.0 Å². The summed E-state index contributed by atoms with van der Waals surface area (Å²) in [5.74, 6) is 0. The van der Waals surface area contributed by atoms with E-state index in [1.165, 1.54) is 0 Å². The molecule has 0 spiro atoms. The van der Waals surface area contributed by atoms with Crippen molar-refractivity contribution < 1.29 is 4.74 Å². The summed E-state index contributed by atoms with van der Waals surface area (Å²) in [6, 6.07) is 3.63. The SMILES string of the molecule is C.COCc1ccc(Cl)nc1. The number of aromatic nitrogens is 1. The topological polar surface area (TPSA) is 22.1 Å². The van der Waals surface area contributed by atoms with Crippen LogP contribution in [0.15, 0.2) is 18.3 Å². The smallest absolute Gasteiger partial charge is 0.129 e. The van der Waals surface area contributed by atoms with Gasteiger partial charge in [0.25, 0.3) is 0 Å². The van der Waals surface area contributed by atoms with Crippen molar-refractivity contribution in [3.05, 3.63) is 29.0 Å². The predicted molar refractivity (Wildman–Crippen MR) is 46.7 cm³/mol. The second-order valence-corrected chi connectivity index (χ2v) is 2.31. The van der Waals surface area contributed by atoms with Gasteiger partial charge in [-0.2, -0.15) is 0 Å². The van der Waals surface area contributed by atoms with Gasteiger partial charge in [-0.25, -0.2) is 4.98 Å². The highest BCUT2D eigenvalue weighted by atomic mass is 35.5. The number of pyridine rings is 1. The molecule has 0 saturated heterocycles. The Morgan fingerprint density at radius 2 is 2.27 bits per heavy atom. The number of methoxy groups -OCH3 is 1. The van der Waals surface area contributed by atoms with E-state index in [1.54, 1.807) is 19.4 Å². The number of hydrogen-bond acceptors (Lipinski definition) is 2. The van der Waals surface area contributed by atoms with E-state index in [9.17, 15) is 0 Å². The minimum atomic E-state index is 0. The summed E-state index contributed by atoms with van der Waals surface area (Å²) in [7, 11) is 1.65. The van der Waals surface area contributed by atoms with Crippen LogP contribution in [-0.2, 0) is 11.3 Å². The molecule has 2 nitrogen and oxygen atoms in total. The van der Waals surface area contributed by atoms with Gasteiger partial charge in [-0.3, -0.25) is 0 Å². The molecule has 1 heterocycles. The first kappa shape index (κ1) is 10.4. The molecular formula is C8H12ClNO. The van der Waals surface area contributed by atoms with Gasteiger partial charge in [-0.15, -0.1) is 0 Å². The average Bonchev–Trinajstić information content (AvgIpc) is 1.95. The maximum atomic E-state index is 5.56. The molecule has 62 valence electrons. The van der Waals surface area contributed by atoms with Crippen LogP contribution in [0, 0.1) is 0 Å². The standard InChI is InChI=1S/C7H8ClNO.CH4/c1-10-5-6-2-3-7(8)9-4-6;/h2-4H,5H2,1H3;1H4. The fourth-order valence-corrected chi connectivity index (χ4v) is 0.770. The summed E-state index contributed by atoms with van der Waals surface area (Å²) in [5, 5.41) is 0.514. The Morgan fingerprint density at radius 1 is 1.55 bits per heavy atom. The molecule has 0 unspecified atom stereocenters. The normalized spacial score (nSPS) is 8.91. The first-order chi connectivity index (χ1) is 4.83. The maximum absolute atomic E-state index is 5.56. The summed E-state index contributed by atoms with van der Waals surface area (Å²) >= 11 is 5.56. The van der Waals surface area contributed by atoms with Crippen LogP contribution in [0.3, 0.4) is 0 Å². The van der Waals surface area contributed by atoms with Crippen LogP contribution in [0.25, 0.3) is 0 Å². The molecule has 1 aromatic heterocycles. The average molecular weight is 174 g/mol. The van der Waals surface area contributed by atoms with Gasteiger partial charge < -0.3 is 4.74 Å². The zero-order valence-corrected chi connectivity index (χ0v) is 6.43. The molecule has 0 aliphatic heterocycles. The first-order valence-electron chi connectivity index (χ1n) is 2.92. The molecular weight excluding hydrogens is 162 g/mol. The molecule has 0 radical (unpaired) electrons. The Labute approximate surface area is 72.2 Å². The largest absolute Gasteiger partial charge is 0.380 e. The molecule has 0 atom stereocenters. The van der Waals surface area contributed by atoms with Crippen LogP contribution in [-0.4, -0.2) is 12.1 Å². The molecule has 0 fully saturated rings. The number of ether oxygens (including phenoxy) is 1. The van der Waals surface area contributed by atoms with E-state index < -0.39 is 0 Å². The number of rotatable bonds is 2. The van der Waals surface area contributed by atoms with E-state index in [0.29, 0.717) is 11.8 Å². The second kappa shape index (κ2) is 5.10. The fourth-order valence-electron chi connectivity index (χ4n) is 0.658. The molecule has 0 saturated carbocycles. The Hall–Kier alpha value is -0.600. The van der Waals surface area contributed by atoms with E-state index in [2.05, 4.69) is 4.98 Å². The predicted octanol–water partition coefficient (Wildman–Crippen LogP) is 2.52. The molecule has 0 aliphatic carbocycles. The van der Waals surface area contributed by atoms with E-state index in [1.807, 2.05) is 6.07 Å². The third-order valence-electron chi connectivity index (χ3n) is 1.10. The van der Waals surface area contributed by atoms with Gasteiger partial charge in [-0.1, -0.05) is 25.1 Å². The van der Waals surface area contributed by atoms with Crippen LogP contribution in [0.4, 0.5) is 0 Å². The lowest BCUT2D eigenvalue weighted by atomic mass is 10.3. The van der Waals surface area contributed by atoms with Gasteiger partial charge in [0, 0.05) is 13.3 Å². The van der Waals surface area contributed by atoms with Gasteiger partial charge in [0.2, 0.25) is 0 Å². The molecule has 0 bridgehead atoms. The van der Waals surface area contributed by atoms with Crippen molar-refractivity contribution in [2.75, 3.05) is 7.11 Å². The van der Waals surface area contributed by atoms with Crippen LogP contribution in [0.2, 0.25) is 5.15 Å². The highest BCUT2D eigenvalue weighted by molar-refractivity contribution is 6.29. The van der Waals surface area contributed by atoms with E-state index >= 15 is 0 Å². The third kappa shape index (κ3) is 3.35. The summed E-state index contributed by atoms with van der Waals surface area (Å²) in [6.45, 7) is 0.587. The van der Waals surface area contributed by atoms with Crippen LogP contribution in [0.5, 0.6) is 0 Å². The molecule has 1 aromatic rings. The second-order valence-electron chi connectivity index (χ2n) is 1.92. The number of nitrogens with zero attached hydrogens (tertiary/aromatic N) is 1. The van der Waals surface area contributed by atoms with E-state index in [-0.39, 0.29) is 7.43 Å². The van der Waals surface area contributed by atoms with Crippen LogP contribution >= 0.6 is 11.6 Å². The van der Waals surface area contributed by atoms with Gasteiger partial charge in [0.05, 0.1) is 6.61 Å². The van der Waals surface area contributed by atoms with Crippen molar-refractivity contribution in [3.8, 4) is 0 Å². The Morgan fingerprint density at radius 3 is 2.73 bits per heavy atom. The minimum Gasteiger partial charge on any atom is -0.380 e. The molecule has 0 N–H and O–H groups in total. The highest BCUT2D eigenvalue weighted by Crippen LogP contribution is 2.05. The van der Waals surface area contributed by atoms with Crippen molar-refractivity contribution in [3.63, 3.8) is 0 Å². The van der Waals surface area contributed by atoms with Crippen molar-refractivity contribution in [1.82, 2.24) is 4.98 Å². The van der Waals surface area contributed by atoms with E-state index in [4.69, 9.17) is 16.3 Å². The highest BCUT2D eigenvalue weighted by Gasteiger charge is 1.90. The molecule has 11 heavy (non-hydrogen) atoms. The van der Waals surface area contributed by atoms with Crippen molar-refractivity contribution in [2.45, 2.75) is 14.0 Å². The monoisotopic (exact) mass is 173 g/mol. The molecule has 1 rings (SSSR count). The van der Waals surface area contributed by atoms with Crippen molar-refractivity contribution in [2.24, 2.45) is 0 Å². The number of halogens is 1. The summed E-state index contributed by atoms with van der Waals surface area (Å²) < 4.78 is 4.88. The summed E-state index contributed by atoms with van der Waals surface area (Å²) in [6.07, 6.45) is 1.70. The lowest BCUT2D eigenvalue weighted by Gasteiger charge is -1.96. The van der Waals surface area contributed by atoms with Gasteiger partial charge >= 0.3 is 0 Å². The third-order valence-corrected chi connectivity index (χ3v) is 1.32. The Balaban J connectivity index is 0.000001000. The quantitative estimate of drug-likeness (QED) is 0.642. The first-order valence-corrected chi connectivity index (χ1v) is 3.30. The molecule has 3 heteroatoms. The number of hydrogen-bond donors (Lipinski definition) is 0. The van der Waals surface area contributed by atoms with Crippen LogP contribution < -0.4 is 0 Å². The fraction of sp³-hybridized carbons (Fsp3) is 0.375. The zero-order chi connectivity index (χ0) is 7.40. The summed E-state index contributed by atoms with van der Waals surface area (Å²) in [5.41, 5.74) is 1.03. The van der Waals surface area contributed by atoms with Gasteiger partial charge in [0.15, 0.2) is 0 Å².